The summed E-state index contributed by atoms with van der Waals surface area (Å²) in [6, 6.07) is 21.4. The molecule has 0 bridgehead atoms. The lowest BCUT2D eigenvalue weighted by molar-refractivity contribution is -0.111. The van der Waals surface area contributed by atoms with E-state index in [1.165, 1.54) is 6.92 Å². The minimum absolute atomic E-state index is 0.155. The average Bonchev–Trinajstić information content (AvgIpc) is 3.35. The number of morpholine rings is 1. The van der Waals surface area contributed by atoms with Crippen molar-refractivity contribution in [2.24, 2.45) is 5.10 Å². The van der Waals surface area contributed by atoms with Gasteiger partial charge in [-0.15, -0.1) is 5.10 Å². The van der Waals surface area contributed by atoms with Crippen LogP contribution in [-0.2, 0) is 9.53 Å². The van der Waals surface area contributed by atoms with Crippen molar-refractivity contribution in [3.05, 3.63) is 77.3 Å². The minimum atomic E-state index is -0.466. The summed E-state index contributed by atoms with van der Waals surface area (Å²) in [5.41, 5.74) is 3.42. The van der Waals surface area contributed by atoms with Crippen molar-refractivity contribution in [1.29, 1.82) is 0 Å². The Balaban J connectivity index is 1.63. The zero-order chi connectivity index (χ0) is 25.9. The van der Waals surface area contributed by atoms with Gasteiger partial charge in [-0.2, -0.15) is 0 Å². The molecule has 0 saturated carbocycles. The molecule has 5 rings (SSSR count). The first kappa shape index (κ1) is 24.9. The molecule has 192 valence electrons. The Morgan fingerprint density at radius 3 is 2.32 bits per heavy atom. The molecule has 2 aliphatic rings. The SMILES string of the molecule is COc1ccc(C2N(c3ccccc3)N=C(C(C)=O)N2c2ccc(N3CCOCC3)c(Cl)c2)cc1OC. The van der Waals surface area contributed by atoms with E-state index in [1.807, 2.05) is 76.6 Å². The third-order valence-electron chi connectivity index (χ3n) is 6.51. The fraction of sp³-hybridized carbons (Fsp3) is 0.286. The van der Waals surface area contributed by atoms with E-state index in [9.17, 15) is 4.79 Å². The van der Waals surface area contributed by atoms with Gasteiger partial charge in [0.2, 0.25) is 0 Å². The number of amidine groups is 1. The number of ether oxygens (including phenoxy) is 3. The molecule has 0 N–H and O–H groups in total. The molecule has 0 aromatic heterocycles. The van der Waals surface area contributed by atoms with Crippen LogP contribution in [0.5, 0.6) is 11.5 Å². The van der Waals surface area contributed by atoms with Gasteiger partial charge in [-0.3, -0.25) is 9.69 Å². The molecule has 2 heterocycles. The highest BCUT2D eigenvalue weighted by Crippen LogP contribution is 2.43. The molecule has 9 heteroatoms. The molecule has 0 amide bonds. The van der Waals surface area contributed by atoms with E-state index < -0.39 is 6.17 Å². The fourth-order valence-electron chi connectivity index (χ4n) is 4.72. The fourth-order valence-corrected chi connectivity index (χ4v) is 5.02. The number of carbonyl (C=O) groups excluding carboxylic acids is 1. The van der Waals surface area contributed by atoms with Crippen LogP contribution in [0.1, 0.15) is 18.7 Å². The monoisotopic (exact) mass is 520 g/mol. The van der Waals surface area contributed by atoms with E-state index in [1.54, 1.807) is 14.2 Å². The van der Waals surface area contributed by atoms with Crippen molar-refractivity contribution in [2.45, 2.75) is 13.1 Å². The molecule has 1 fully saturated rings. The molecular weight excluding hydrogens is 492 g/mol. The first-order valence-corrected chi connectivity index (χ1v) is 12.5. The van der Waals surface area contributed by atoms with E-state index in [-0.39, 0.29) is 5.78 Å². The predicted octanol–water partition coefficient (Wildman–Crippen LogP) is 5.12. The molecule has 1 saturated heterocycles. The van der Waals surface area contributed by atoms with Crippen LogP contribution < -0.4 is 24.3 Å². The Morgan fingerprint density at radius 2 is 1.68 bits per heavy atom. The summed E-state index contributed by atoms with van der Waals surface area (Å²) < 4.78 is 16.5. The molecule has 37 heavy (non-hydrogen) atoms. The summed E-state index contributed by atoms with van der Waals surface area (Å²) in [5, 5.41) is 7.25. The van der Waals surface area contributed by atoms with Gasteiger partial charge >= 0.3 is 0 Å². The van der Waals surface area contributed by atoms with Gasteiger partial charge < -0.3 is 19.1 Å². The number of carbonyl (C=O) groups is 1. The van der Waals surface area contributed by atoms with Gasteiger partial charge in [0.15, 0.2) is 29.3 Å². The minimum Gasteiger partial charge on any atom is -0.493 e. The highest BCUT2D eigenvalue weighted by Gasteiger charge is 2.40. The maximum absolute atomic E-state index is 12.9. The Kier molecular flexibility index (Phi) is 7.21. The van der Waals surface area contributed by atoms with Gasteiger partial charge in [0.05, 0.1) is 43.8 Å². The first-order valence-electron chi connectivity index (χ1n) is 12.1. The Bertz CT molecular complexity index is 1310. The number of Topliss-reactive ketones (excluding diaryl/α,β-unsaturated/α-hetero) is 1. The molecular formula is C28H29ClN4O4. The number of methoxy groups -OCH3 is 2. The summed E-state index contributed by atoms with van der Waals surface area (Å²) in [4.78, 5) is 17.0. The van der Waals surface area contributed by atoms with E-state index in [4.69, 9.17) is 30.9 Å². The van der Waals surface area contributed by atoms with Crippen molar-refractivity contribution in [1.82, 2.24) is 0 Å². The largest absolute Gasteiger partial charge is 0.493 e. The molecule has 2 aliphatic heterocycles. The predicted molar refractivity (Wildman–Crippen MR) is 146 cm³/mol. The number of rotatable bonds is 7. The highest BCUT2D eigenvalue weighted by molar-refractivity contribution is 6.44. The second-order valence-corrected chi connectivity index (χ2v) is 9.16. The number of ketones is 1. The number of hydrazone groups is 1. The van der Waals surface area contributed by atoms with Gasteiger partial charge in [-0.05, 0) is 42.5 Å². The van der Waals surface area contributed by atoms with Crippen molar-refractivity contribution >= 4 is 40.3 Å². The summed E-state index contributed by atoms with van der Waals surface area (Å²) in [5.74, 6) is 1.37. The second kappa shape index (κ2) is 10.7. The molecule has 8 nitrogen and oxygen atoms in total. The Labute approximate surface area is 221 Å². The van der Waals surface area contributed by atoms with E-state index in [0.29, 0.717) is 35.6 Å². The van der Waals surface area contributed by atoms with Crippen LogP contribution in [0, 0.1) is 0 Å². The topological polar surface area (TPSA) is 66.8 Å². The normalized spacial score (nSPS) is 17.6. The molecule has 1 atom stereocenters. The first-order chi connectivity index (χ1) is 18.0. The molecule has 1 unspecified atom stereocenters. The second-order valence-electron chi connectivity index (χ2n) is 8.75. The van der Waals surface area contributed by atoms with Crippen molar-refractivity contribution < 1.29 is 19.0 Å². The van der Waals surface area contributed by atoms with E-state index >= 15 is 0 Å². The third-order valence-corrected chi connectivity index (χ3v) is 6.81. The summed E-state index contributed by atoms with van der Waals surface area (Å²) in [6.07, 6.45) is -0.466. The van der Waals surface area contributed by atoms with Crippen LogP contribution in [0.3, 0.4) is 0 Å². The smallest absolute Gasteiger partial charge is 0.198 e. The number of hydrogen-bond donors (Lipinski definition) is 0. The number of benzene rings is 3. The average molecular weight is 521 g/mol. The summed E-state index contributed by atoms with van der Waals surface area (Å²) in [7, 11) is 3.20. The molecule has 0 spiro atoms. The molecule has 3 aromatic carbocycles. The van der Waals surface area contributed by atoms with Crippen LogP contribution in [-0.4, -0.2) is 52.1 Å². The van der Waals surface area contributed by atoms with Crippen molar-refractivity contribution in [3.63, 3.8) is 0 Å². The maximum atomic E-state index is 12.9. The number of hydrogen-bond acceptors (Lipinski definition) is 8. The van der Waals surface area contributed by atoms with E-state index in [0.717, 1.165) is 35.7 Å². The number of anilines is 3. The maximum Gasteiger partial charge on any atom is 0.198 e. The van der Waals surface area contributed by atoms with Gasteiger partial charge in [-0.25, -0.2) is 5.01 Å². The lowest BCUT2D eigenvalue weighted by Gasteiger charge is -2.33. The van der Waals surface area contributed by atoms with Gasteiger partial charge in [0.1, 0.15) is 0 Å². The quantitative estimate of drug-likeness (QED) is 0.428. The zero-order valence-corrected chi connectivity index (χ0v) is 21.8. The van der Waals surface area contributed by atoms with Crippen LogP contribution in [0.25, 0.3) is 0 Å². The number of halogens is 1. The van der Waals surface area contributed by atoms with Gasteiger partial charge in [0, 0.05) is 31.3 Å². The van der Waals surface area contributed by atoms with Crippen LogP contribution in [0.2, 0.25) is 5.02 Å². The van der Waals surface area contributed by atoms with Crippen molar-refractivity contribution in [2.75, 3.05) is 55.3 Å². The Morgan fingerprint density at radius 1 is 0.946 bits per heavy atom. The van der Waals surface area contributed by atoms with E-state index in [2.05, 4.69) is 4.90 Å². The zero-order valence-electron chi connectivity index (χ0n) is 21.1. The number of nitrogens with zero attached hydrogens (tertiary/aromatic N) is 4. The molecule has 0 radical (unpaired) electrons. The molecule has 0 aliphatic carbocycles. The third kappa shape index (κ3) is 4.82. The summed E-state index contributed by atoms with van der Waals surface area (Å²) >= 11 is 6.82. The van der Waals surface area contributed by atoms with Crippen LogP contribution in [0.15, 0.2) is 71.8 Å². The van der Waals surface area contributed by atoms with Gasteiger partial charge in [0.25, 0.3) is 0 Å². The van der Waals surface area contributed by atoms with Crippen molar-refractivity contribution in [3.8, 4) is 11.5 Å². The Hall–Kier alpha value is -3.75. The van der Waals surface area contributed by atoms with Crippen LogP contribution >= 0.6 is 11.6 Å². The number of para-hydroxylation sites is 1. The van der Waals surface area contributed by atoms with Crippen LogP contribution in [0.4, 0.5) is 17.1 Å². The lowest BCUT2D eigenvalue weighted by Crippen LogP contribution is -2.38. The highest BCUT2D eigenvalue weighted by atomic mass is 35.5. The lowest BCUT2D eigenvalue weighted by atomic mass is 10.1. The molecule has 3 aromatic rings. The van der Waals surface area contributed by atoms with Gasteiger partial charge in [-0.1, -0.05) is 35.9 Å². The summed E-state index contributed by atoms with van der Waals surface area (Å²) in [6.45, 7) is 4.41. The standard InChI is InChI=1S/C28H29ClN4O4/c1-19(34)27-30-33(21-7-5-4-6-8-21)28(20-9-12-25(35-2)26(17-20)36-3)32(27)22-10-11-24(23(29)18-22)31-13-15-37-16-14-31/h4-12,17-18,28H,13-16H2,1-3H3.